The molecule has 9 heteroatoms. The molecule has 0 radical (unpaired) electrons. The highest BCUT2D eigenvalue weighted by Crippen LogP contribution is 2.22. The first-order valence-corrected chi connectivity index (χ1v) is 9.40. The molecule has 0 bridgehead atoms. The number of aromatic amines is 2. The number of halogens is 2. The Bertz CT molecular complexity index is 1300. The van der Waals surface area contributed by atoms with Crippen molar-refractivity contribution in [3.63, 3.8) is 0 Å². The van der Waals surface area contributed by atoms with Gasteiger partial charge in [0.25, 0.3) is 17.9 Å². The molecule has 2 aromatic heterocycles. The van der Waals surface area contributed by atoms with Gasteiger partial charge in [-0.15, -0.1) is 0 Å². The summed E-state index contributed by atoms with van der Waals surface area (Å²) in [5.74, 6) is -0.382. The number of carbonyl (C=O) groups is 1. The van der Waals surface area contributed by atoms with Gasteiger partial charge < -0.3 is 14.9 Å². The molecule has 7 nitrogen and oxygen atoms in total. The topological polar surface area (TPSA) is 94.7 Å². The number of nitrogens with zero attached hydrogens (tertiary/aromatic N) is 3. The number of alkyl halides is 2. The number of imidazole rings is 1. The Morgan fingerprint density at radius 2 is 1.83 bits per heavy atom. The lowest BCUT2D eigenvalue weighted by Gasteiger charge is -2.26. The zero-order valence-electron chi connectivity index (χ0n) is 16.3. The normalized spacial score (nSPS) is 11.7. The average molecular weight is 411 g/mol. The molecule has 0 saturated heterocycles. The smallest absolute Gasteiger partial charge is 0.295 e. The molecular formula is C21H19F2N5O2. The Morgan fingerprint density at radius 3 is 2.57 bits per heavy atom. The lowest BCUT2D eigenvalue weighted by molar-refractivity contribution is 0.0685. The van der Waals surface area contributed by atoms with Crippen LogP contribution in [0.2, 0.25) is 0 Å². The quantitative estimate of drug-likeness (QED) is 0.522. The Kier molecular flexibility index (Phi) is 5.03. The van der Waals surface area contributed by atoms with Crippen molar-refractivity contribution in [3.8, 4) is 0 Å². The number of nitrogens with one attached hydrogen (secondary N) is 2. The van der Waals surface area contributed by atoms with Gasteiger partial charge in [-0.3, -0.25) is 9.59 Å². The molecule has 0 saturated carbocycles. The first-order chi connectivity index (χ1) is 14.3. The van der Waals surface area contributed by atoms with E-state index in [1.54, 1.807) is 35.2 Å². The fourth-order valence-corrected chi connectivity index (χ4v) is 3.29. The number of hydrogen-bond donors (Lipinski definition) is 2. The summed E-state index contributed by atoms with van der Waals surface area (Å²) in [5, 5.41) is 0.475. The van der Waals surface area contributed by atoms with Crippen LogP contribution in [0.4, 0.5) is 8.78 Å². The maximum Gasteiger partial charge on any atom is 0.295 e. The summed E-state index contributed by atoms with van der Waals surface area (Å²) in [6, 6.07) is 11.4. The highest BCUT2D eigenvalue weighted by molar-refractivity contribution is 5.97. The fourth-order valence-electron chi connectivity index (χ4n) is 3.29. The van der Waals surface area contributed by atoms with E-state index in [4.69, 9.17) is 0 Å². The van der Waals surface area contributed by atoms with Crippen molar-refractivity contribution in [3.05, 3.63) is 70.0 Å². The lowest BCUT2D eigenvalue weighted by atomic mass is 10.1. The van der Waals surface area contributed by atoms with Gasteiger partial charge in [0.15, 0.2) is 5.82 Å². The first kappa shape index (κ1) is 19.7. The fraction of sp³-hybridized carbons (Fsp3) is 0.238. The second-order valence-electron chi connectivity index (χ2n) is 7.21. The van der Waals surface area contributed by atoms with E-state index in [1.165, 1.54) is 12.1 Å². The SMILES string of the molecule is CC(C)N(Cc1nc2ccccc2c(=O)[nH]1)C(=O)c1ccc2nc(C(F)F)[nH]c2c1. The van der Waals surface area contributed by atoms with E-state index in [2.05, 4.69) is 19.9 Å². The second kappa shape index (κ2) is 7.66. The minimum Gasteiger partial charge on any atom is -0.337 e. The van der Waals surface area contributed by atoms with Gasteiger partial charge in [-0.2, -0.15) is 0 Å². The van der Waals surface area contributed by atoms with E-state index in [0.717, 1.165) is 0 Å². The Hall–Kier alpha value is -3.62. The third-order valence-electron chi connectivity index (χ3n) is 4.82. The van der Waals surface area contributed by atoms with E-state index in [0.29, 0.717) is 33.3 Å². The highest BCUT2D eigenvalue weighted by atomic mass is 19.3. The van der Waals surface area contributed by atoms with Crippen molar-refractivity contribution in [2.24, 2.45) is 0 Å². The molecule has 0 spiro atoms. The molecule has 2 aromatic carbocycles. The largest absolute Gasteiger partial charge is 0.337 e. The Labute approximate surface area is 169 Å². The van der Waals surface area contributed by atoms with Gasteiger partial charge in [-0.1, -0.05) is 12.1 Å². The van der Waals surface area contributed by atoms with Crippen molar-refractivity contribution >= 4 is 27.8 Å². The van der Waals surface area contributed by atoms with Crippen molar-refractivity contribution in [1.82, 2.24) is 24.8 Å². The lowest BCUT2D eigenvalue weighted by Crippen LogP contribution is -2.37. The summed E-state index contributed by atoms with van der Waals surface area (Å²) < 4.78 is 25.8. The first-order valence-electron chi connectivity index (χ1n) is 9.40. The zero-order chi connectivity index (χ0) is 21.4. The predicted molar refractivity (Wildman–Crippen MR) is 108 cm³/mol. The molecule has 0 atom stereocenters. The van der Waals surface area contributed by atoms with E-state index in [-0.39, 0.29) is 24.1 Å². The zero-order valence-corrected chi connectivity index (χ0v) is 16.3. The third-order valence-corrected chi connectivity index (χ3v) is 4.82. The van der Waals surface area contributed by atoms with Crippen LogP contribution >= 0.6 is 0 Å². The summed E-state index contributed by atoms with van der Waals surface area (Å²) in [7, 11) is 0. The van der Waals surface area contributed by atoms with Gasteiger partial charge in [0.2, 0.25) is 0 Å². The third kappa shape index (κ3) is 3.66. The number of amides is 1. The maximum atomic E-state index is 13.1. The predicted octanol–water partition coefficient (Wildman–Crippen LogP) is 3.79. The van der Waals surface area contributed by atoms with Crippen LogP contribution in [0.15, 0.2) is 47.3 Å². The van der Waals surface area contributed by atoms with E-state index < -0.39 is 12.2 Å². The van der Waals surface area contributed by atoms with Crippen LogP contribution in [-0.2, 0) is 6.54 Å². The van der Waals surface area contributed by atoms with Crippen molar-refractivity contribution in [2.75, 3.05) is 0 Å². The van der Waals surface area contributed by atoms with Gasteiger partial charge in [0.1, 0.15) is 5.82 Å². The standard InChI is InChI=1S/C21H19F2N5O2/c1-11(2)28(10-17-24-14-6-4-3-5-13(14)20(29)27-17)21(30)12-7-8-15-16(9-12)26-19(25-15)18(22)23/h3-9,11,18H,10H2,1-2H3,(H,25,26)(H,24,27,29). The van der Waals surface area contributed by atoms with Crippen LogP contribution in [0.3, 0.4) is 0 Å². The van der Waals surface area contributed by atoms with Gasteiger partial charge in [-0.25, -0.2) is 18.7 Å². The van der Waals surface area contributed by atoms with Crippen LogP contribution in [0.1, 0.15) is 42.3 Å². The molecule has 2 N–H and O–H groups in total. The van der Waals surface area contributed by atoms with Crippen LogP contribution in [-0.4, -0.2) is 36.8 Å². The molecular weight excluding hydrogens is 392 g/mol. The summed E-state index contributed by atoms with van der Waals surface area (Å²) >= 11 is 0. The molecule has 30 heavy (non-hydrogen) atoms. The van der Waals surface area contributed by atoms with E-state index in [1.807, 2.05) is 13.8 Å². The molecule has 0 unspecified atom stereocenters. The van der Waals surface area contributed by atoms with Gasteiger partial charge in [-0.05, 0) is 44.2 Å². The van der Waals surface area contributed by atoms with Gasteiger partial charge in [0, 0.05) is 11.6 Å². The van der Waals surface area contributed by atoms with Gasteiger partial charge >= 0.3 is 0 Å². The van der Waals surface area contributed by atoms with Crippen molar-refractivity contribution in [2.45, 2.75) is 32.9 Å². The number of H-pyrrole nitrogens is 2. The van der Waals surface area contributed by atoms with Crippen molar-refractivity contribution in [1.29, 1.82) is 0 Å². The number of benzene rings is 2. The van der Waals surface area contributed by atoms with Gasteiger partial charge in [0.05, 0.1) is 28.5 Å². The molecule has 0 aliphatic rings. The average Bonchev–Trinajstić information content (AvgIpc) is 3.15. The molecule has 0 fully saturated rings. The van der Waals surface area contributed by atoms with Crippen LogP contribution in [0.25, 0.3) is 21.9 Å². The molecule has 4 rings (SSSR count). The molecule has 2 heterocycles. The van der Waals surface area contributed by atoms with E-state index in [9.17, 15) is 18.4 Å². The summed E-state index contributed by atoms with van der Waals surface area (Å²) in [4.78, 5) is 40.6. The molecule has 154 valence electrons. The maximum absolute atomic E-state index is 13.1. The van der Waals surface area contributed by atoms with Crippen LogP contribution in [0, 0.1) is 0 Å². The molecule has 4 aromatic rings. The van der Waals surface area contributed by atoms with Crippen LogP contribution < -0.4 is 5.56 Å². The summed E-state index contributed by atoms with van der Waals surface area (Å²) in [6.07, 6.45) is -2.72. The number of carbonyl (C=O) groups excluding carboxylic acids is 1. The Balaban J connectivity index is 1.66. The second-order valence-corrected chi connectivity index (χ2v) is 7.21. The number of aromatic nitrogens is 4. The number of para-hydroxylation sites is 1. The monoisotopic (exact) mass is 411 g/mol. The molecule has 1 amide bonds. The number of hydrogen-bond acceptors (Lipinski definition) is 4. The summed E-state index contributed by atoms with van der Waals surface area (Å²) in [6.45, 7) is 3.79. The van der Waals surface area contributed by atoms with Crippen LogP contribution in [0.5, 0.6) is 0 Å². The highest BCUT2D eigenvalue weighted by Gasteiger charge is 2.22. The number of rotatable bonds is 5. The molecule has 0 aliphatic heterocycles. The Morgan fingerprint density at radius 1 is 1.07 bits per heavy atom. The van der Waals surface area contributed by atoms with Crippen molar-refractivity contribution < 1.29 is 13.6 Å². The minimum atomic E-state index is -2.72. The molecule has 0 aliphatic carbocycles. The summed E-state index contributed by atoms with van der Waals surface area (Å²) in [5.41, 5.74) is 1.32. The number of fused-ring (bicyclic) bond motifs is 2. The minimum absolute atomic E-state index is 0.0971. The van der Waals surface area contributed by atoms with E-state index >= 15 is 0 Å².